The molecule has 0 aliphatic heterocycles. The van der Waals surface area contributed by atoms with Gasteiger partial charge in [0.25, 0.3) is 11.6 Å². The number of nitro groups is 1. The fourth-order valence-electron chi connectivity index (χ4n) is 1.64. The molecular formula is C13H12N4O3. The number of nitrogens with two attached hydrogens (primary N) is 1. The summed E-state index contributed by atoms with van der Waals surface area (Å²) in [5, 5.41) is 13.3. The van der Waals surface area contributed by atoms with E-state index < -0.39 is 4.92 Å². The van der Waals surface area contributed by atoms with Crippen molar-refractivity contribution >= 4 is 17.3 Å². The van der Waals surface area contributed by atoms with E-state index in [1.807, 2.05) is 0 Å². The maximum Gasteiger partial charge on any atom is 0.271 e. The highest BCUT2D eigenvalue weighted by Gasteiger charge is 2.10. The molecule has 0 unspecified atom stereocenters. The van der Waals surface area contributed by atoms with Gasteiger partial charge in [-0.3, -0.25) is 19.9 Å². The van der Waals surface area contributed by atoms with E-state index in [1.165, 1.54) is 30.6 Å². The summed E-state index contributed by atoms with van der Waals surface area (Å²) in [5.41, 5.74) is 7.02. The standard InChI is InChI=1S/C13H12N4O3/c14-12-7-11(17(19)20)2-1-10(12)8-16-13(18)9-3-5-15-6-4-9/h1-7H,8,14H2,(H,16,18). The first kappa shape index (κ1) is 13.5. The van der Waals surface area contributed by atoms with Crippen molar-refractivity contribution in [3.63, 3.8) is 0 Å². The number of rotatable bonds is 4. The molecule has 20 heavy (non-hydrogen) atoms. The third kappa shape index (κ3) is 3.08. The number of hydrogen-bond donors (Lipinski definition) is 2. The van der Waals surface area contributed by atoms with Crippen molar-refractivity contribution < 1.29 is 9.72 Å². The van der Waals surface area contributed by atoms with Crippen LogP contribution < -0.4 is 11.1 Å². The summed E-state index contributed by atoms with van der Waals surface area (Å²) < 4.78 is 0. The molecule has 0 atom stereocenters. The SMILES string of the molecule is Nc1cc([N+](=O)[O-])ccc1CNC(=O)c1ccncc1. The zero-order valence-corrected chi connectivity index (χ0v) is 10.4. The van der Waals surface area contributed by atoms with Crippen LogP contribution in [0.1, 0.15) is 15.9 Å². The van der Waals surface area contributed by atoms with Gasteiger partial charge in [-0.1, -0.05) is 0 Å². The Morgan fingerprint density at radius 3 is 2.60 bits per heavy atom. The third-order valence-corrected chi connectivity index (χ3v) is 2.72. The lowest BCUT2D eigenvalue weighted by molar-refractivity contribution is -0.384. The number of non-ortho nitro benzene ring substituents is 1. The van der Waals surface area contributed by atoms with Gasteiger partial charge in [-0.05, 0) is 23.8 Å². The summed E-state index contributed by atoms with van der Waals surface area (Å²) >= 11 is 0. The van der Waals surface area contributed by atoms with Crippen molar-refractivity contribution in [1.29, 1.82) is 0 Å². The van der Waals surface area contributed by atoms with E-state index in [0.29, 0.717) is 11.1 Å². The van der Waals surface area contributed by atoms with Crippen LogP contribution in [0.4, 0.5) is 11.4 Å². The van der Waals surface area contributed by atoms with Crippen LogP contribution in [-0.4, -0.2) is 15.8 Å². The number of carbonyl (C=O) groups is 1. The number of benzene rings is 1. The van der Waals surface area contributed by atoms with Crippen LogP contribution in [-0.2, 0) is 6.54 Å². The number of nitrogens with one attached hydrogen (secondary N) is 1. The van der Waals surface area contributed by atoms with Gasteiger partial charge in [-0.25, -0.2) is 0 Å². The summed E-state index contributed by atoms with van der Waals surface area (Å²) in [7, 11) is 0. The normalized spacial score (nSPS) is 10.0. The van der Waals surface area contributed by atoms with Gasteiger partial charge in [0.1, 0.15) is 0 Å². The molecule has 2 rings (SSSR count). The first-order chi connectivity index (χ1) is 9.58. The van der Waals surface area contributed by atoms with Crippen LogP contribution >= 0.6 is 0 Å². The minimum Gasteiger partial charge on any atom is -0.398 e. The topological polar surface area (TPSA) is 111 Å². The van der Waals surface area contributed by atoms with Gasteiger partial charge in [-0.2, -0.15) is 0 Å². The first-order valence-corrected chi connectivity index (χ1v) is 5.79. The predicted octanol–water partition coefficient (Wildman–Crippen LogP) is 1.50. The molecule has 0 fully saturated rings. The average molecular weight is 272 g/mol. The number of amides is 1. The number of aromatic nitrogens is 1. The van der Waals surface area contributed by atoms with Crippen LogP contribution in [0.25, 0.3) is 0 Å². The van der Waals surface area contributed by atoms with Crippen molar-refractivity contribution in [3.8, 4) is 0 Å². The smallest absolute Gasteiger partial charge is 0.271 e. The molecule has 0 aliphatic carbocycles. The van der Waals surface area contributed by atoms with Crippen LogP contribution in [0.15, 0.2) is 42.7 Å². The van der Waals surface area contributed by atoms with E-state index in [0.717, 1.165) is 0 Å². The molecule has 0 spiro atoms. The Morgan fingerprint density at radius 2 is 2.00 bits per heavy atom. The molecule has 0 saturated heterocycles. The number of nitrogens with zero attached hydrogens (tertiary/aromatic N) is 2. The van der Waals surface area contributed by atoms with Gasteiger partial charge in [0.05, 0.1) is 4.92 Å². The van der Waals surface area contributed by atoms with Gasteiger partial charge in [0.2, 0.25) is 0 Å². The van der Waals surface area contributed by atoms with Crippen LogP contribution in [0.5, 0.6) is 0 Å². The lowest BCUT2D eigenvalue weighted by Crippen LogP contribution is -2.23. The second kappa shape index (κ2) is 5.79. The summed E-state index contributed by atoms with van der Waals surface area (Å²) in [6, 6.07) is 7.33. The molecule has 1 aromatic carbocycles. The van der Waals surface area contributed by atoms with Crippen LogP contribution in [0, 0.1) is 10.1 Å². The second-order valence-electron chi connectivity index (χ2n) is 4.06. The highest BCUT2D eigenvalue weighted by Crippen LogP contribution is 2.19. The Morgan fingerprint density at radius 1 is 1.30 bits per heavy atom. The Balaban J connectivity index is 2.04. The van der Waals surface area contributed by atoms with Crippen molar-refractivity contribution in [3.05, 3.63) is 64.0 Å². The third-order valence-electron chi connectivity index (χ3n) is 2.72. The van der Waals surface area contributed by atoms with Crippen molar-refractivity contribution in [2.24, 2.45) is 0 Å². The van der Waals surface area contributed by atoms with Crippen LogP contribution in [0.2, 0.25) is 0 Å². The second-order valence-corrected chi connectivity index (χ2v) is 4.06. The van der Waals surface area contributed by atoms with E-state index >= 15 is 0 Å². The molecule has 0 bridgehead atoms. The Bertz CT molecular complexity index is 643. The molecule has 1 aromatic heterocycles. The molecule has 7 heteroatoms. The van der Waals surface area contributed by atoms with E-state index in [9.17, 15) is 14.9 Å². The van der Waals surface area contributed by atoms with Crippen molar-refractivity contribution in [1.82, 2.24) is 10.3 Å². The van der Waals surface area contributed by atoms with E-state index in [4.69, 9.17) is 5.73 Å². The quantitative estimate of drug-likeness (QED) is 0.497. The molecular weight excluding hydrogens is 260 g/mol. The largest absolute Gasteiger partial charge is 0.398 e. The van der Waals surface area contributed by atoms with Gasteiger partial charge < -0.3 is 11.1 Å². The molecule has 0 radical (unpaired) electrons. The number of carbonyl (C=O) groups excluding carboxylic acids is 1. The lowest BCUT2D eigenvalue weighted by Gasteiger charge is -2.07. The number of anilines is 1. The van der Waals surface area contributed by atoms with Crippen molar-refractivity contribution in [2.45, 2.75) is 6.54 Å². The summed E-state index contributed by atoms with van der Waals surface area (Å²) in [6.45, 7) is 0.199. The Hall–Kier alpha value is -2.96. The Labute approximate surface area is 114 Å². The number of hydrogen-bond acceptors (Lipinski definition) is 5. The lowest BCUT2D eigenvalue weighted by atomic mass is 10.1. The molecule has 0 aliphatic rings. The number of nitro benzene ring substituents is 1. The molecule has 1 amide bonds. The van der Waals surface area contributed by atoms with Gasteiger partial charge in [0, 0.05) is 42.3 Å². The molecule has 102 valence electrons. The van der Waals surface area contributed by atoms with Gasteiger partial charge in [0.15, 0.2) is 0 Å². The fourth-order valence-corrected chi connectivity index (χ4v) is 1.64. The van der Waals surface area contributed by atoms with E-state index in [2.05, 4.69) is 10.3 Å². The van der Waals surface area contributed by atoms with Gasteiger partial charge in [-0.15, -0.1) is 0 Å². The molecule has 7 nitrogen and oxygen atoms in total. The Kier molecular flexibility index (Phi) is 3.90. The molecule has 3 N–H and O–H groups in total. The molecule has 0 saturated carbocycles. The maximum absolute atomic E-state index is 11.8. The van der Waals surface area contributed by atoms with E-state index in [1.54, 1.807) is 12.1 Å². The van der Waals surface area contributed by atoms with Crippen LogP contribution in [0.3, 0.4) is 0 Å². The maximum atomic E-state index is 11.8. The van der Waals surface area contributed by atoms with Crippen molar-refractivity contribution in [2.75, 3.05) is 5.73 Å². The minimum atomic E-state index is -0.518. The zero-order chi connectivity index (χ0) is 14.5. The predicted molar refractivity (Wildman–Crippen MR) is 72.9 cm³/mol. The summed E-state index contributed by atoms with van der Waals surface area (Å²) in [6.07, 6.45) is 3.05. The highest BCUT2D eigenvalue weighted by atomic mass is 16.6. The first-order valence-electron chi connectivity index (χ1n) is 5.79. The highest BCUT2D eigenvalue weighted by molar-refractivity contribution is 5.94. The zero-order valence-electron chi connectivity index (χ0n) is 10.4. The minimum absolute atomic E-state index is 0.0771. The number of pyridine rings is 1. The fraction of sp³-hybridized carbons (Fsp3) is 0.0769. The number of nitrogen functional groups attached to an aromatic ring is 1. The molecule has 2 aromatic rings. The average Bonchev–Trinajstić information content (AvgIpc) is 2.46. The summed E-state index contributed by atoms with van der Waals surface area (Å²) in [5.74, 6) is -0.259. The van der Waals surface area contributed by atoms with E-state index in [-0.39, 0.29) is 23.8 Å². The summed E-state index contributed by atoms with van der Waals surface area (Å²) in [4.78, 5) is 25.7. The van der Waals surface area contributed by atoms with Gasteiger partial charge >= 0.3 is 0 Å². The molecule has 1 heterocycles. The monoisotopic (exact) mass is 272 g/mol.